The van der Waals surface area contributed by atoms with Crippen LogP contribution in [-0.4, -0.2) is 23.4 Å². The van der Waals surface area contributed by atoms with Gasteiger partial charge >= 0.3 is 0 Å². The SMILES string of the molecule is CC(CO)COc1ccc(Br)cc1C(C)O. The highest BCUT2D eigenvalue weighted by Crippen LogP contribution is 2.28. The van der Waals surface area contributed by atoms with E-state index in [0.29, 0.717) is 12.4 Å². The van der Waals surface area contributed by atoms with E-state index >= 15 is 0 Å². The second kappa shape index (κ2) is 6.23. The number of aliphatic hydroxyl groups is 2. The van der Waals surface area contributed by atoms with Gasteiger partial charge in [-0.15, -0.1) is 0 Å². The quantitative estimate of drug-likeness (QED) is 0.875. The first-order chi connectivity index (χ1) is 7.54. The van der Waals surface area contributed by atoms with Gasteiger partial charge in [-0.05, 0) is 25.1 Å². The van der Waals surface area contributed by atoms with Crippen molar-refractivity contribution in [3.8, 4) is 5.75 Å². The van der Waals surface area contributed by atoms with Gasteiger partial charge in [-0.3, -0.25) is 0 Å². The molecule has 0 aromatic heterocycles. The fourth-order valence-corrected chi connectivity index (χ4v) is 1.64. The van der Waals surface area contributed by atoms with E-state index in [2.05, 4.69) is 15.9 Å². The highest BCUT2D eigenvalue weighted by atomic mass is 79.9. The van der Waals surface area contributed by atoms with E-state index in [-0.39, 0.29) is 12.5 Å². The summed E-state index contributed by atoms with van der Waals surface area (Å²) in [6.07, 6.45) is -0.572. The highest BCUT2D eigenvalue weighted by molar-refractivity contribution is 9.10. The van der Waals surface area contributed by atoms with Gasteiger partial charge in [-0.2, -0.15) is 0 Å². The summed E-state index contributed by atoms with van der Waals surface area (Å²) in [5.74, 6) is 0.754. The molecule has 0 amide bonds. The van der Waals surface area contributed by atoms with E-state index in [1.165, 1.54) is 0 Å². The van der Waals surface area contributed by atoms with Crippen LogP contribution in [0, 0.1) is 5.92 Å². The number of benzene rings is 1. The first kappa shape index (κ1) is 13.5. The summed E-state index contributed by atoms with van der Waals surface area (Å²) >= 11 is 3.35. The van der Waals surface area contributed by atoms with Gasteiger partial charge in [0.25, 0.3) is 0 Å². The number of halogens is 1. The third-order valence-electron chi connectivity index (χ3n) is 2.26. The fourth-order valence-electron chi connectivity index (χ4n) is 1.26. The van der Waals surface area contributed by atoms with Crippen molar-refractivity contribution < 1.29 is 14.9 Å². The minimum absolute atomic E-state index is 0.0884. The van der Waals surface area contributed by atoms with Gasteiger partial charge in [0.15, 0.2) is 0 Å². The summed E-state index contributed by atoms with van der Waals surface area (Å²) in [6, 6.07) is 5.52. The molecule has 1 aromatic carbocycles. The monoisotopic (exact) mass is 288 g/mol. The number of hydrogen-bond acceptors (Lipinski definition) is 3. The van der Waals surface area contributed by atoms with Crippen molar-refractivity contribution in [2.24, 2.45) is 5.92 Å². The van der Waals surface area contributed by atoms with Crippen LogP contribution in [0.3, 0.4) is 0 Å². The van der Waals surface area contributed by atoms with E-state index in [1.54, 1.807) is 6.92 Å². The fraction of sp³-hybridized carbons (Fsp3) is 0.500. The van der Waals surface area contributed by atoms with E-state index in [1.807, 2.05) is 25.1 Å². The van der Waals surface area contributed by atoms with Crippen LogP contribution in [0.2, 0.25) is 0 Å². The van der Waals surface area contributed by atoms with Crippen molar-refractivity contribution in [2.75, 3.05) is 13.2 Å². The van der Waals surface area contributed by atoms with Gasteiger partial charge < -0.3 is 14.9 Å². The third kappa shape index (κ3) is 3.77. The van der Waals surface area contributed by atoms with Gasteiger partial charge in [0, 0.05) is 22.6 Å². The summed E-state index contributed by atoms with van der Waals surface area (Å²) in [5, 5.41) is 18.5. The predicted molar refractivity (Wildman–Crippen MR) is 66.5 cm³/mol. The van der Waals surface area contributed by atoms with Crippen LogP contribution < -0.4 is 4.74 Å². The largest absolute Gasteiger partial charge is 0.493 e. The normalized spacial score (nSPS) is 14.6. The van der Waals surface area contributed by atoms with Crippen molar-refractivity contribution in [2.45, 2.75) is 20.0 Å². The molecule has 2 atom stereocenters. The van der Waals surface area contributed by atoms with Gasteiger partial charge in [0.05, 0.1) is 12.7 Å². The first-order valence-electron chi connectivity index (χ1n) is 5.25. The Morgan fingerprint density at radius 2 is 2.06 bits per heavy atom. The van der Waals surface area contributed by atoms with Crippen LogP contribution >= 0.6 is 15.9 Å². The van der Waals surface area contributed by atoms with E-state index in [4.69, 9.17) is 9.84 Å². The Labute approximate surface area is 104 Å². The molecular formula is C12H17BrO3. The lowest BCUT2D eigenvalue weighted by Crippen LogP contribution is -2.13. The molecule has 2 N–H and O–H groups in total. The molecular weight excluding hydrogens is 272 g/mol. The van der Waals surface area contributed by atoms with Gasteiger partial charge in [-0.25, -0.2) is 0 Å². The molecule has 0 fully saturated rings. The third-order valence-corrected chi connectivity index (χ3v) is 2.75. The van der Waals surface area contributed by atoms with E-state index < -0.39 is 6.10 Å². The maximum absolute atomic E-state index is 9.60. The average molecular weight is 289 g/mol. The van der Waals surface area contributed by atoms with Crippen molar-refractivity contribution >= 4 is 15.9 Å². The Bertz CT molecular complexity index is 339. The molecule has 3 nitrogen and oxygen atoms in total. The summed E-state index contributed by atoms with van der Waals surface area (Å²) in [4.78, 5) is 0. The van der Waals surface area contributed by atoms with Gasteiger partial charge in [-0.1, -0.05) is 22.9 Å². The van der Waals surface area contributed by atoms with Crippen molar-refractivity contribution in [1.29, 1.82) is 0 Å². The van der Waals surface area contributed by atoms with Crippen molar-refractivity contribution in [3.63, 3.8) is 0 Å². The van der Waals surface area contributed by atoms with Crippen LogP contribution in [0.5, 0.6) is 5.75 Å². The number of aliphatic hydroxyl groups excluding tert-OH is 2. The second-order valence-corrected chi connectivity index (χ2v) is 4.87. The molecule has 1 aromatic rings. The molecule has 0 saturated carbocycles. The zero-order valence-corrected chi connectivity index (χ0v) is 11.1. The molecule has 1 rings (SSSR count). The Morgan fingerprint density at radius 1 is 1.38 bits per heavy atom. The molecule has 0 spiro atoms. The summed E-state index contributed by atoms with van der Waals surface area (Å²) < 4.78 is 6.47. The predicted octanol–water partition coefficient (Wildman–Crippen LogP) is 2.51. The van der Waals surface area contributed by atoms with Crippen molar-refractivity contribution in [1.82, 2.24) is 0 Å². The van der Waals surface area contributed by atoms with Gasteiger partial charge in [0.2, 0.25) is 0 Å². The van der Waals surface area contributed by atoms with E-state index in [9.17, 15) is 5.11 Å². The Balaban J connectivity index is 2.78. The lowest BCUT2D eigenvalue weighted by Gasteiger charge is -2.15. The molecule has 16 heavy (non-hydrogen) atoms. The van der Waals surface area contributed by atoms with Crippen LogP contribution in [0.1, 0.15) is 25.5 Å². The standard InChI is InChI=1S/C12H17BrO3/c1-8(6-14)7-16-12-4-3-10(13)5-11(12)9(2)15/h3-5,8-9,14-15H,6-7H2,1-2H3. The van der Waals surface area contributed by atoms with Crippen LogP contribution in [0.25, 0.3) is 0 Å². The number of rotatable bonds is 5. The molecule has 4 heteroatoms. The maximum atomic E-state index is 9.60. The summed E-state index contributed by atoms with van der Waals surface area (Å²) in [7, 11) is 0. The minimum atomic E-state index is -0.572. The minimum Gasteiger partial charge on any atom is -0.493 e. The molecule has 0 saturated heterocycles. The zero-order chi connectivity index (χ0) is 12.1. The lowest BCUT2D eigenvalue weighted by molar-refractivity contribution is 0.163. The summed E-state index contributed by atoms with van der Waals surface area (Å²) in [5.41, 5.74) is 0.750. The Kier molecular flexibility index (Phi) is 5.25. The molecule has 90 valence electrons. The molecule has 0 aliphatic heterocycles. The second-order valence-electron chi connectivity index (χ2n) is 3.96. The molecule has 0 bridgehead atoms. The number of hydrogen-bond donors (Lipinski definition) is 2. The lowest BCUT2D eigenvalue weighted by atomic mass is 10.1. The Morgan fingerprint density at radius 3 is 2.62 bits per heavy atom. The Hall–Kier alpha value is -0.580. The molecule has 0 heterocycles. The van der Waals surface area contributed by atoms with Crippen LogP contribution in [0.4, 0.5) is 0 Å². The molecule has 2 unspecified atom stereocenters. The maximum Gasteiger partial charge on any atom is 0.125 e. The molecule has 0 aliphatic carbocycles. The zero-order valence-electron chi connectivity index (χ0n) is 9.48. The first-order valence-corrected chi connectivity index (χ1v) is 6.05. The molecule has 0 radical (unpaired) electrons. The van der Waals surface area contributed by atoms with Crippen LogP contribution in [0.15, 0.2) is 22.7 Å². The van der Waals surface area contributed by atoms with Gasteiger partial charge in [0.1, 0.15) is 5.75 Å². The number of ether oxygens (including phenoxy) is 1. The smallest absolute Gasteiger partial charge is 0.125 e. The summed E-state index contributed by atoms with van der Waals surface area (Å²) in [6.45, 7) is 4.14. The molecule has 0 aliphatic rings. The van der Waals surface area contributed by atoms with E-state index in [0.717, 1.165) is 10.0 Å². The topological polar surface area (TPSA) is 49.7 Å². The van der Waals surface area contributed by atoms with Crippen LogP contribution in [-0.2, 0) is 0 Å². The average Bonchev–Trinajstić information content (AvgIpc) is 2.26. The highest BCUT2D eigenvalue weighted by Gasteiger charge is 2.11. The van der Waals surface area contributed by atoms with Crippen molar-refractivity contribution in [3.05, 3.63) is 28.2 Å².